The topological polar surface area (TPSA) is 134 Å². The van der Waals surface area contributed by atoms with Crippen molar-refractivity contribution in [3.63, 3.8) is 0 Å². The van der Waals surface area contributed by atoms with Crippen molar-refractivity contribution >= 4 is 12.0 Å². The van der Waals surface area contributed by atoms with Crippen LogP contribution in [0.15, 0.2) is 21.9 Å². The largest absolute Gasteiger partial charge is 0.471 e. The first-order chi connectivity index (χ1) is 13.6. The van der Waals surface area contributed by atoms with E-state index in [4.69, 9.17) is 9.84 Å². The second kappa shape index (κ2) is 9.85. The van der Waals surface area contributed by atoms with Crippen molar-refractivity contribution in [1.29, 1.82) is 0 Å². The van der Waals surface area contributed by atoms with E-state index in [1.807, 2.05) is 0 Å². The van der Waals surface area contributed by atoms with Gasteiger partial charge in [0.1, 0.15) is 6.10 Å². The summed E-state index contributed by atoms with van der Waals surface area (Å²) in [6.45, 7) is -0.442. The molecule has 0 saturated carbocycles. The minimum Gasteiger partial charge on any atom is -0.394 e. The number of alkyl halides is 3. The van der Waals surface area contributed by atoms with Crippen molar-refractivity contribution in [3.8, 4) is 0 Å². The summed E-state index contributed by atoms with van der Waals surface area (Å²) >= 11 is 0. The van der Waals surface area contributed by atoms with Crippen LogP contribution in [0.4, 0.5) is 13.2 Å². The van der Waals surface area contributed by atoms with Crippen LogP contribution in [0.2, 0.25) is 0 Å². The number of aliphatic hydroxyl groups is 2. The molecule has 2 heterocycles. The molecule has 9 nitrogen and oxygen atoms in total. The minimum absolute atomic E-state index is 0.123. The molecule has 0 unspecified atom stereocenters. The molecule has 1 aliphatic rings. The Morgan fingerprint density at radius 1 is 1.38 bits per heavy atom. The summed E-state index contributed by atoms with van der Waals surface area (Å²) in [7, 11) is 0. The molecule has 0 aromatic carbocycles. The molecule has 162 valence electrons. The number of ether oxygens (including phenoxy) is 1. The Hall–Kier alpha value is -2.44. The standard InChI is InChI=1S/C17H22F3N3O6/c18-17(19,20)15(27)21-6-4-2-1-3-5-10-8-23(16(28)22-13(10)26)14-12(25)7-11(9-24)29-14/h3,5,8,11-12,14,24-25H,1-2,4,6-7,9H2,(H,21,27)(H,22,26,28)/b5-3+/t11-,12+,14+/m0/s1. The Labute approximate surface area is 162 Å². The number of unbranched alkanes of at least 4 members (excludes halogenated alkanes) is 2. The van der Waals surface area contributed by atoms with Gasteiger partial charge in [-0.2, -0.15) is 13.2 Å². The number of allylic oxidation sites excluding steroid dienone is 1. The minimum atomic E-state index is -4.90. The van der Waals surface area contributed by atoms with Crippen molar-refractivity contribution in [3.05, 3.63) is 38.7 Å². The van der Waals surface area contributed by atoms with E-state index in [0.29, 0.717) is 19.3 Å². The lowest BCUT2D eigenvalue weighted by Crippen LogP contribution is -2.37. The zero-order valence-corrected chi connectivity index (χ0v) is 15.3. The number of hydrogen-bond acceptors (Lipinski definition) is 6. The van der Waals surface area contributed by atoms with Crippen LogP contribution in [0.25, 0.3) is 6.08 Å². The number of hydrogen-bond donors (Lipinski definition) is 4. The van der Waals surface area contributed by atoms with Crippen LogP contribution in [0.1, 0.15) is 37.5 Å². The van der Waals surface area contributed by atoms with Crippen molar-refractivity contribution in [2.24, 2.45) is 0 Å². The van der Waals surface area contributed by atoms with Gasteiger partial charge in [-0.1, -0.05) is 12.2 Å². The van der Waals surface area contributed by atoms with Gasteiger partial charge >= 0.3 is 17.8 Å². The Balaban J connectivity index is 1.92. The molecule has 1 saturated heterocycles. The fourth-order valence-electron chi connectivity index (χ4n) is 2.81. The molecular formula is C17H22F3N3O6. The summed E-state index contributed by atoms with van der Waals surface area (Å²) in [6, 6.07) is 0. The first-order valence-corrected chi connectivity index (χ1v) is 8.95. The van der Waals surface area contributed by atoms with Crippen molar-refractivity contribution in [2.45, 2.75) is 50.3 Å². The van der Waals surface area contributed by atoms with Crippen LogP contribution in [0, 0.1) is 0 Å². The maximum Gasteiger partial charge on any atom is 0.471 e. The Bertz CT molecular complexity index is 848. The number of nitrogens with one attached hydrogen (secondary N) is 2. The van der Waals surface area contributed by atoms with E-state index in [0.717, 1.165) is 4.57 Å². The van der Waals surface area contributed by atoms with Gasteiger partial charge in [0.2, 0.25) is 0 Å². The smallest absolute Gasteiger partial charge is 0.394 e. The lowest BCUT2D eigenvalue weighted by Gasteiger charge is -2.17. The van der Waals surface area contributed by atoms with Crippen LogP contribution in [0.3, 0.4) is 0 Å². The molecule has 12 heteroatoms. The first-order valence-electron chi connectivity index (χ1n) is 8.95. The molecule has 0 bridgehead atoms. The highest BCUT2D eigenvalue weighted by atomic mass is 19.4. The second-order valence-electron chi connectivity index (χ2n) is 6.54. The van der Waals surface area contributed by atoms with Gasteiger partial charge in [0, 0.05) is 19.2 Å². The van der Waals surface area contributed by atoms with E-state index < -0.39 is 41.8 Å². The number of halogens is 3. The summed E-state index contributed by atoms with van der Waals surface area (Å²) in [6.07, 6.45) is -1.97. The molecule has 1 aliphatic heterocycles. The van der Waals surface area contributed by atoms with Crippen LogP contribution < -0.4 is 16.6 Å². The quantitative estimate of drug-likeness (QED) is 0.438. The molecule has 0 radical (unpaired) electrons. The van der Waals surface area contributed by atoms with E-state index >= 15 is 0 Å². The molecule has 29 heavy (non-hydrogen) atoms. The molecule has 2 rings (SSSR count). The van der Waals surface area contributed by atoms with E-state index in [9.17, 15) is 32.7 Å². The Kier molecular flexibility index (Phi) is 7.76. The molecule has 1 fully saturated rings. The van der Waals surface area contributed by atoms with Crippen LogP contribution in [-0.4, -0.2) is 57.2 Å². The number of H-pyrrole nitrogens is 1. The van der Waals surface area contributed by atoms with Gasteiger partial charge in [-0.15, -0.1) is 0 Å². The fraction of sp³-hybridized carbons (Fsp3) is 0.588. The molecular weight excluding hydrogens is 399 g/mol. The molecule has 3 atom stereocenters. The molecule has 4 N–H and O–H groups in total. The molecule has 1 aromatic rings. The van der Waals surface area contributed by atoms with Gasteiger partial charge in [0.05, 0.1) is 18.3 Å². The van der Waals surface area contributed by atoms with Gasteiger partial charge in [-0.05, 0) is 19.3 Å². The number of aliphatic hydroxyl groups excluding tert-OH is 2. The average Bonchev–Trinajstić information content (AvgIpc) is 3.02. The third-order valence-corrected chi connectivity index (χ3v) is 4.28. The highest BCUT2D eigenvalue weighted by molar-refractivity contribution is 5.81. The van der Waals surface area contributed by atoms with Crippen LogP contribution >= 0.6 is 0 Å². The van der Waals surface area contributed by atoms with Gasteiger partial charge in [0.25, 0.3) is 5.56 Å². The Morgan fingerprint density at radius 2 is 2.10 bits per heavy atom. The SMILES string of the molecule is O=C(NCCCC/C=C/c1cn([C@@H]2O[C@H](CO)C[C@H]2O)c(=O)[nH]c1=O)C(F)(F)F. The second-order valence-corrected chi connectivity index (χ2v) is 6.54. The van der Waals surface area contributed by atoms with E-state index in [2.05, 4.69) is 4.98 Å². The number of rotatable bonds is 8. The van der Waals surface area contributed by atoms with Crippen molar-refractivity contribution < 1.29 is 32.9 Å². The number of amides is 1. The zero-order valence-electron chi connectivity index (χ0n) is 15.3. The normalized spacial score (nSPS) is 22.3. The maximum atomic E-state index is 12.0. The summed E-state index contributed by atoms with van der Waals surface area (Å²) in [5, 5.41) is 20.9. The van der Waals surface area contributed by atoms with Crippen molar-refractivity contribution in [1.82, 2.24) is 14.9 Å². The van der Waals surface area contributed by atoms with Gasteiger partial charge in [0.15, 0.2) is 6.23 Å². The summed E-state index contributed by atoms with van der Waals surface area (Å²) in [4.78, 5) is 36.7. The molecule has 1 aromatic heterocycles. The monoisotopic (exact) mass is 421 g/mol. The summed E-state index contributed by atoms with van der Waals surface area (Å²) < 4.78 is 42.5. The molecule has 0 spiro atoms. The van der Waals surface area contributed by atoms with E-state index in [1.54, 1.807) is 11.4 Å². The van der Waals surface area contributed by atoms with Gasteiger partial charge < -0.3 is 20.3 Å². The first kappa shape index (κ1) is 22.8. The lowest BCUT2D eigenvalue weighted by molar-refractivity contribution is -0.173. The predicted octanol–water partition coefficient (Wildman–Crippen LogP) is 0.0393. The van der Waals surface area contributed by atoms with Gasteiger partial charge in [-0.3, -0.25) is 19.1 Å². The highest BCUT2D eigenvalue weighted by Gasteiger charge is 2.38. The average molecular weight is 421 g/mol. The zero-order chi connectivity index (χ0) is 21.6. The fourth-order valence-corrected chi connectivity index (χ4v) is 2.81. The number of carbonyl (C=O) groups is 1. The third-order valence-electron chi connectivity index (χ3n) is 4.28. The Morgan fingerprint density at radius 3 is 2.72 bits per heavy atom. The molecule has 0 aliphatic carbocycles. The van der Waals surface area contributed by atoms with Crippen molar-refractivity contribution in [2.75, 3.05) is 13.2 Å². The van der Waals surface area contributed by atoms with E-state index in [-0.39, 0.29) is 25.1 Å². The number of carbonyl (C=O) groups excluding carboxylic acids is 1. The molecule has 1 amide bonds. The van der Waals surface area contributed by atoms with Crippen LogP contribution in [-0.2, 0) is 9.53 Å². The predicted molar refractivity (Wildman–Crippen MR) is 94.9 cm³/mol. The summed E-state index contributed by atoms with van der Waals surface area (Å²) in [5.74, 6) is -1.98. The van der Waals surface area contributed by atoms with Gasteiger partial charge in [-0.25, -0.2) is 4.79 Å². The summed E-state index contributed by atoms with van der Waals surface area (Å²) in [5.41, 5.74) is -1.29. The third kappa shape index (κ3) is 6.27. The number of aromatic nitrogens is 2. The van der Waals surface area contributed by atoms with E-state index in [1.165, 1.54) is 12.3 Å². The number of aromatic amines is 1. The lowest BCUT2D eigenvalue weighted by atomic mass is 10.2. The van der Waals surface area contributed by atoms with Crippen LogP contribution in [0.5, 0.6) is 0 Å². The number of nitrogens with zero attached hydrogens (tertiary/aromatic N) is 1. The highest BCUT2D eigenvalue weighted by Crippen LogP contribution is 2.27. The maximum absolute atomic E-state index is 12.0.